The fourth-order valence-corrected chi connectivity index (χ4v) is 9.58. The van der Waals surface area contributed by atoms with Gasteiger partial charge in [0, 0.05) is 0 Å². The van der Waals surface area contributed by atoms with Gasteiger partial charge >= 0.3 is 91.3 Å². The fourth-order valence-electron chi connectivity index (χ4n) is 1.72. The van der Waals surface area contributed by atoms with Gasteiger partial charge in [-0.25, -0.2) is 0 Å². The molecule has 0 aliphatic carbocycles. The van der Waals surface area contributed by atoms with Crippen molar-refractivity contribution in [2.24, 2.45) is 0 Å². The predicted molar refractivity (Wildman–Crippen MR) is 63.1 cm³/mol. The van der Waals surface area contributed by atoms with Crippen molar-refractivity contribution >= 4 is 22.5 Å². The number of benzene rings is 1. The van der Waals surface area contributed by atoms with Crippen LogP contribution in [0.15, 0.2) is 30.3 Å². The standard InChI is InChI=1S/C6H5.C4H9.C2H5.FH.Sn/c1-2-4-6-5-3-1;1-3-4-2;1-2;;/h1-5H;1,3-4H2,2H3;1H2,2H3;1H;/q;;;;+1/p-1. The van der Waals surface area contributed by atoms with Crippen LogP contribution in [0.4, 0.5) is 2.87 Å². The summed E-state index contributed by atoms with van der Waals surface area (Å²) in [6.45, 7) is 4.14. The molecule has 0 aliphatic rings. The van der Waals surface area contributed by atoms with Crippen LogP contribution in [0.3, 0.4) is 0 Å². The Kier molecular flexibility index (Phi) is 4.93. The van der Waals surface area contributed by atoms with Gasteiger partial charge in [0.1, 0.15) is 0 Å². The molecule has 0 N–H and O–H groups in total. The molecule has 0 nitrogen and oxygen atoms in total. The van der Waals surface area contributed by atoms with Crippen LogP contribution in [0.1, 0.15) is 26.7 Å². The van der Waals surface area contributed by atoms with Gasteiger partial charge in [0.05, 0.1) is 0 Å². The van der Waals surface area contributed by atoms with Crippen LogP contribution in [-0.2, 0) is 0 Å². The van der Waals surface area contributed by atoms with Crippen molar-refractivity contribution in [3.05, 3.63) is 30.3 Å². The van der Waals surface area contributed by atoms with Crippen molar-refractivity contribution in [2.45, 2.75) is 35.6 Å². The zero-order valence-corrected chi connectivity index (χ0v) is 11.9. The Morgan fingerprint density at radius 2 is 1.79 bits per heavy atom. The summed E-state index contributed by atoms with van der Waals surface area (Å²) in [6, 6.07) is 9.85. The Balaban J connectivity index is 2.79. The Morgan fingerprint density at radius 3 is 2.29 bits per heavy atom. The number of halogens is 1. The zero-order chi connectivity index (χ0) is 10.4. The second-order valence-electron chi connectivity index (χ2n) is 3.79. The Labute approximate surface area is 91.2 Å². The molecule has 1 atom stereocenters. The van der Waals surface area contributed by atoms with Crippen LogP contribution in [0.2, 0.25) is 8.87 Å². The van der Waals surface area contributed by atoms with E-state index in [1.165, 1.54) is 0 Å². The van der Waals surface area contributed by atoms with Gasteiger partial charge in [-0.3, -0.25) is 0 Å². The van der Waals surface area contributed by atoms with Crippen molar-refractivity contribution in [1.82, 2.24) is 0 Å². The van der Waals surface area contributed by atoms with E-state index in [2.05, 4.69) is 6.92 Å². The monoisotopic (exact) mass is 302 g/mol. The Hall–Kier alpha value is -0.0513. The molecular weight excluding hydrogens is 282 g/mol. The fraction of sp³-hybridized carbons (Fsp3) is 0.500. The van der Waals surface area contributed by atoms with Crippen LogP contribution in [0.25, 0.3) is 0 Å². The topological polar surface area (TPSA) is 0 Å². The summed E-state index contributed by atoms with van der Waals surface area (Å²) < 4.78 is 17.3. The summed E-state index contributed by atoms with van der Waals surface area (Å²) in [7, 11) is 0. The first-order chi connectivity index (χ1) is 6.73. The summed E-state index contributed by atoms with van der Waals surface area (Å²) in [5.74, 6) is 0. The van der Waals surface area contributed by atoms with E-state index >= 15 is 0 Å². The molecule has 0 heterocycles. The number of hydrogen-bond donors (Lipinski definition) is 0. The molecular formula is C12H19FSn. The van der Waals surface area contributed by atoms with Gasteiger partial charge in [-0.15, -0.1) is 0 Å². The minimum atomic E-state index is -3.39. The molecule has 1 aromatic rings. The van der Waals surface area contributed by atoms with Crippen molar-refractivity contribution < 1.29 is 2.87 Å². The molecule has 0 radical (unpaired) electrons. The first-order valence-corrected chi connectivity index (χ1v) is 12.0. The SMILES string of the molecule is CCC[CH2][Sn]([F])([CH2]C)[c]1ccccc1. The molecule has 1 unspecified atom stereocenters. The van der Waals surface area contributed by atoms with Crippen LogP contribution in [-0.4, -0.2) is 18.9 Å². The molecule has 0 saturated heterocycles. The second kappa shape index (κ2) is 5.74. The van der Waals surface area contributed by atoms with Gasteiger partial charge < -0.3 is 0 Å². The molecule has 14 heavy (non-hydrogen) atoms. The number of hydrogen-bond acceptors (Lipinski definition) is 0. The van der Waals surface area contributed by atoms with Gasteiger partial charge in [-0.1, -0.05) is 0 Å². The maximum atomic E-state index is 14.7. The molecule has 0 bridgehead atoms. The van der Waals surface area contributed by atoms with Crippen LogP contribution < -0.4 is 3.58 Å². The van der Waals surface area contributed by atoms with E-state index in [4.69, 9.17) is 0 Å². The first-order valence-electron chi connectivity index (χ1n) is 5.47. The van der Waals surface area contributed by atoms with E-state index in [1.54, 1.807) is 0 Å². The zero-order valence-electron chi connectivity index (χ0n) is 9.09. The van der Waals surface area contributed by atoms with Crippen molar-refractivity contribution in [3.8, 4) is 0 Å². The summed E-state index contributed by atoms with van der Waals surface area (Å²) in [5.41, 5.74) is 0. The molecule has 0 saturated carbocycles. The minimum absolute atomic E-state index is 0.776. The van der Waals surface area contributed by atoms with Crippen molar-refractivity contribution in [3.63, 3.8) is 0 Å². The van der Waals surface area contributed by atoms with Crippen LogP contribution in [0, 0.1) is 0 Å². The van der Waals surface area contributed by atoms with Gasteiger partial charge in [0.15, 0.2) is 0 Å². The van der Waals surface area contributed by atoms with Crippen molar-refractivity contribution in [2.75, 3.05) is 0 Å². The molecule has 0 fully saturated rings. The molecule has 0 aliphatic heterocycles. The van der Waals surface area contributed by atoms with Gasteiger partial charge in [0.25, 0.3) is 0 Å². The molecule has 0 spiro atoms. The third kappa shape index (κ3) is 2.97. The van der Waals surface area contributed by atoms with E-state index in [0.717, 1.165) is 25.3 Å². The number of rotatable bonds is 5. The van der Waals surface area contributed by atoms with E-state index in [9.17, 15) is 2.87 Å². The van der Waals surface area contributed by atoms with Gasteiger partial charge in [0.2, 0.25) is 0 Å². The summed E-state index contributed by atoms with van der Waals surface area (Å²) in [6.07, 6.45) is 2.16. The van der Waals surface area contributed by atoms with Crippen molar-refractivity contribution in [1.29, 1.82) is 0 Å². The molecule has 0 aromatic heterocycles. The van der Waals surface area contributed by atoms with Gasteiger partial charge in [-0.2, -0.15) is 0 Å². The summed E-state index contributed by atoms with van der Waals surface area (Å²) in [4.78, 5) is 0. The Morgan fingerprint density at radius 1 is 1.14 bits per heavy atom. The first kappa shape index (κ1) is 12.0. The predicted octanol–water partition coefficient (Wildman–Crippen LogP) is 3.63. The summed E-state index contributed by atoms with van der Waals surface area (Å²) in [5, 5.41) is 0. The third-order valence-corrected chi connectivity index (χ3v) is 13.2. The van der Waals surface area contributed by atoms with Gasteiger partial charge in [-0.05, 0) is 0 Å². The molecule has 2 heteroatoms. The van der Waals surface area contributed by atoms with E-state index in [-0.39, 0.29) is 0 Å². The van der Waals surface area contributed by atoms with E-state index in [1.807, 2.05) is 37.3 Å². The maximum absolute atomic E-state index is 14.7. The second-order valence-corrected chi connectivity index (χ2v) is 14.4. The average molecular weight is 301 g/mol. The quantitative estimate of drug-likeness (QED) is 0.729. The van der Waals surface area contributed by atoms with E-state index in [0.29, 0.717) is 0 Å². The Bertz CT molecular complexity index is 260. The summed E-state index contributed by atoms with van der Waals surface area (Å²) >= 11 is -3.39. The molecule has 0 amide bonds. The van der Waals surface area contributed by atoms with Crippen LogP contribution in [0.5, 0.6) is 0 Å². The number of unbranched alkanes of at least 4 members (excludes halogenated alkanes) is 1. The normalized spacial score (nSPS) is 15.1. The molecule has 1 rings (SSSR count). The third-order valence-electron chi connectivity index (χ3n) is 2.78. The molecule has 1 aromatic carbocycles. The van der Waals surface area contributed by atoms with Crippen LogP contribution >= 0.6 is 0 Å². The average Bonchev–Trinajstić information content (AvgIpc) is 2.27. The molecule has 78 valence electrons. The van der Waals surface area contributed by atoms with E-state index < -0.39 is 18.9 Å².